The molecule has 0 saturated heterocycles. The molecule has 3 rings (SSSR count). The average Bonchev–Trinajstić information content (AvgIpc) is 2.94. The number of hydrogen-bond donors (Lipinski definition) is 1. The third-order valence-electron chi connectivity index (χ3n) is 3.88. The number of hydrogen-bond acceptors (Lipinski definition) is 3. The van der Waals surface area contributed by atoms with Crippen LogP contribution >= 0.6 is 0 Å². The van der Waals surface area contributed by atoms with Crippen molar-refractivity contribution in [3.8, 4) is 11.3 Å². The fourth-order valence-corrected chi connectivity index (χ4v) is 2.62. The Kier molecular flexibility index (Phi) is 4.43. The minimum absolute atomic E-state index is 0.0584. The van der Waals surface area contributed by atoms with Crippen LogP contribution in [0.4, 0.5) is 13.2 Å². The van der Waals surface area contributed by atoms with Gasteiger partial charge in [0.1, 0.15) is 0 Å². The van der Waals surface area contributed by atoms with E-state index in [0.29, 0.717) is 27.9 Å². The lowest BCUT2D eigenvalue weighted by molar-refractivity contribution is -0.137. The van der Waals surface area contributed by atoms with Crippen LogP contribution in [0.1, 0.15) is 29.8 Å². The molecule has 0 radical (unpaired) electrons. The van der Waals surface area contributed by atoms with Gasteiger partial charge in [0.25, 0.3) is 5.91 Å². The number of rotatable bonds is 3. The van der Waals surface area contributed by atoms with Crippen molar-refractivity contribution in [2.75, 3.05) is 0 Å². The molecule has 1 amide bonds. The van der Waals surface area contributed by atoms with E-state index in [1.807, 2.05) is 13.8 Å². The van der Waals surface area contributed by atoms with Gasteiger partial charge in [-0.1, -0.05) is 12.1 Å². The zero-order valence-corrected chi connectivity index (χ0v) is 14.4. The van der Waals surface area contributed by atoms with E-state index in [9.17, 15) is 18.0 Å². The molecular weight excluding hydrogens is 345 g/mol. The van der Waals surface area contributed by atoms with Crippen LogP contribution in [0.5, 0.6) is 0 Å². The van der Waals surface area contributed by atoms with Gasteiger partial charge in [-0.25, -0.2) is 4.98 Å². The maximum atomic E-state index is 12.8. The van der Waals surface area contributed by atoms with E-state index in [1.54, 1.807) is 19.3 Å². The predicted molar refractivity (Wildman–Crippen MR) is 91.5 cm³/mol. The third-order valence-corrected chi connectivity index (χ3v) is 3.88. The van der Waals surface area contributed by atoms with Crippen LogP contribution in [0, 0.1) is 0 Å². The molecule has 0 aliphatic rings. The molecule has 2 aromatic heterocycles. The number of amides is 1. The standard InChI is InChI=1S/C18H17F3N4O/c1-10(2)23-17(26)13-8-15(24-16-14(13)9-22-25(16)3)11-4-6-12(7-5-11)18(19,20)21/h4-10H,1-3H3,(H,23,26). The molecule has 2 heterocycles. The number of benzene rings is 1. The van der Waals surface area contributed by atoms with Gasteiger partial charge in [-0.3, -0.25) is 9.48 Å². The predicted octanol–water partition coefficient (Wildman–Crippen LogP) is 3.79. The molecule has 0 spiro atoms. The van der Waals surface area contributed by atoms with Crippen LogP contribution in [-0.4, -0.2) is 26.7 Å². The first-order valence-electron chi connectivity index (χ1n) is 7.98. The Balaban J connectivity index is 2.12. The number of halogens is 3. The van der Waals surface area contributed by atoms with Gasteiger partial charge in [0, 0.05) is 18.7 Å². The van der Waals surface area contributed by atoms with Crippen molar-refractivity contribution in [3.05, 3.63) is 47.7 Å². The molecule has 1 aromatic carbocycles. The van der Waals surface area contributed by atoms with Gasteiger partial charge in [-0.2, -0.15) is 18.3 Å². The molecule has 0 saturated carbocycles. The smallest absolute Gasteiger partial charge is 0.350 e. The first-order chi connectivity index (χ1) is 12.2. The highest BCUT2D eigenvalue weighted by Crippen LogP contribution is 2.31. The highest BCUT2D eigenvalue weighted by atomic mass is 19.4. The number of pyridine rings is 1. The van der Waals surface area contributed by atoms with Crippen molar-refractivity contribution in [3.63, 3.8) is 0 Å². The summed E-state index contributed by atoms with van der Waals surface area (Å²) in [6.45, 7) is 3.69. The molecule has 5 nitrogen and oxygen atoms in total. The Morgan fingerprint density at radius 1 is 1.19 bits per heavy atom. The molecule has 136 valence electrons. The molecular formula is C18H17F3N4O. The summed E-state index contributed by atoms with van der Waals surface area (Å²) >= 11 is 0. The monoisotopic (exact) mass is 362 g/mol. The largest absolute Gasteiger partial charge is 0.416 e. The first-order valence-corrected chi connectivity index (χ1v) is 7.98. The second-order valence-electron chi connectivity index (χ2n) is 6.26. The zero-order valence-electron chi connectivity index (χ0n) is 14.4. The van der Waals surface area contributed by atoms with Crippen LogP contribution in [0.2, 0.25) is 0 Å². The number of fused-ring (bicyclic) bond motifs is 1. The Morgan fingerprint density at radius 3 is 2.42 bits per heavy atom. The summed E-state index contributed by atoms with van der Waals surface area (Å²) in [6, 6.07) is 6.20. The number of alkyl halides is 3. The van der Waals surface area contributed by atoms with Crippen LogP contribution in [-0.2, 0) is 13.2 Å². The molecule has 26 heavy (non-hydrogen) atoms. The molecule has 0 bridgehead atoms. The molecule has 0 aliphatic heterocycles. The first kappa shape index (κ1) is 17.9. The van der Waals surface area contributed by atoms with Crippen molar-refractivity contribution < 1.29 is 18.0 Å². The minimum Gasteiger partial charge on any atom is -0.350 e. The second kappa shape index (κ2) is 6.44. The van der Waals surface area contributed by atoms with E-state index in [4.69, 9.17) is 0 Å². The Morgan fingerprint density at radius 2 is 1.85 bits per heavy atom. The number of carbonyl (C=O) groups excluding carboxylic acids is 1. The van der Waals surface area contributed by atoms with Crippen molar-refractivity contribution in [2.24, 2.45) is 7.05 Å². The second-order valence-corrected chi connectivity index (χ2v) is 6.26. The topological polar surface area (TPSA) is 59.8 Å². The van der Waals surface area contributed by atoms with Gasteiger partial charge in [-0.15, -0.1) is 0 Å². The van der Waals surface area contributed by atoms with Crippen molar-refractivity contribution in [1.82, 2.24) is 20.1 Å². The number of carbonyl (C=O) groups is 1. The lowest BCUT2D eigenvalue weighted by Gasteiger charge is -2.11. The lowest BCUT2D eigenvalue weighted by Crippen LogP contribution is -2.30. The molecule has 0 atom stereocenters. The third kappa shape index (κ3) is 3.40. The number of aryl methyl sites for hydroxylation is 1. The van der Waals surface area contributed by atoms with Crippen LogP contribution < -0.4 is 5.32 Å². The van der Waals surface area contributed by atoms with E-state index in [2.05, 4.69) is 15.4 Å². The number of nitrogens with zero attached hydrogens (tertiary/aromatic N) is 3. The van der Waals surface area contributed by atoms with E-state index in [1.165, 1.54) is 16.8 Å². The summed E-state index contributed by atoms with van der Waals surface area (Å²) in [5.41, 5.74) is 1.02. The van der Waals surface area contributed by atoms with Gasteiger partial charge in [0.05, 0.1) is 28.4 Å². The highest BCUT2D eigenvalue weighted by Gasteiger charge is 2.30. The molecule has 0 unspecified atom stereocenters. The molecule has 8 heteroatoms. The molecule has 0 aliphatic carbocycles. The van der Waals surface area contributed by atoms with Gasteiger partial charge < -0.3 is 5.32 Å². The van der Waals surface area contributed by atoms with E-state index in [-0.39, 0.29) is 11.9 Å². The Bertz CT molecular complexity index is 959. The highest BCUT2D eigenvalue weighted by molar-refractivity contribution is 6.06. The normalized spacial score (nSPS) is 12.0. The Hall–Kier alpha value is -2.90. The zero-order chi connectivity index (χ0) is 19.1. The van der Waals surface area contributed by atoms with Crippen LogP contribution in [0.3, 0.4) is 0 Å². The summed E-state index contributed by atoms with van der Waals surface area (Å²) in [4.78, 5) is 17.0. The maximum absolute atomic E-state index is 12.8. The fourth-order valence-electron chi connectivity index (χ4n) is 2.62. The number of nitrogens with one attached hydrogen (secondary N) is 1. The summed E-state index contributed by atoms with van der Waals surface area (Å²) in [5.74, 6) is -0.284. The van der Waals surface area contributed by atoms with Crippen LogP contribution in [0.15, 0.2) is 36.5 Å². The van der Waals surface area contributed by atoms with Gasteiger partial charge in [-0.05, 0) is 32.0 Å². The van der Waals surface area contributed by atoms with Crippen molar-refractivity contribution in [2.45, 2.75) is 26.1 Å². The molecule has 3 aromatic rings. The van der Waals surface area contributed by atoms with Gasteiger partial charge in [0.15, 0.2) is 5.65 Å². The quantitative estimate of drug-likeness (QED) is 0.771. The molecule has 1 N–H and O–H groups in total. The van der Waals surface area contributed by atoms with E-state index < -0.39 is 11.7 Å². The SMILES string of the molecule is CC(C)NC(=O)c1cc(-c2ccc(C(F)(F)F)cc2)nc2c1cnn2C. The average molecular weight is 362 g/mol. The summed E-state index contributed by atoms with van der Waals surface area (Å²) in [6.07, 6.45) is -2.85. The lowest BCUT2D eigenvalue weighted by atomic mass is 10.0. The number of aromatic nitrogens is 3. The Labute approximate surface area is 147 Å². The van der Waals surface area contributed by atoms with Crippen molar-refractivity contribution in [1.29, 1.82) is 0 Å². The minimum atomic E-state index is -4.40. The van der Waals surface area contributed by atoms with E-state index in [0.717, 1.165) is 12.1 Å². The molecule has 0 fully saturated rings. The summed E-state index contributed by atoms with van der Waals surface area (Å²) < 4.78 is 39.8. The maximum Gasteiger partial charge on any atom is 0.416 e. The summed E-state index contributed by atoms with van der Waals surface area (Å²) in [5, 5.41) is 7.52. The van der Waals surface area contributed by atoms with Gasteiger partial charge in [0.2, 0.25) is 0 Å². The summed E-state index contributed by atoms with van der Waals surface area (Å²) in [7, 11) is 1.69. The van der Waals surface area contributed by atoms with Crippen LogP contribution in [0.25, 0.3) is 22.3 Å². The van der Waals surface area contributed by atoms with Gasteiger partial charge >= 0.3 is 6.18 Å². The fraction of sp³-hybridized carbons (Fsp3) is 0.278. The van der Waals surface area contributed by atoms with E-state index >= 15 is 0 Å². The van der Waals surface area contributed by atoms with Crippen molar-refractivity contribution >= 4 is 16.9 Å².